The Kier molecular flexibility index (Phi) is 19.1. The maximum Gasteiger partial charge on any atom is 0.248 e. The molecule has 0 spiro atoms. The number of nitrogens with two attached hydrogens (primary N) is 3. The topological polar surface area (TPSA) is 298 Å². The number of nitrogens with zero attached hydrogens (tertiary/aromatic N) is 11. The van der Waals surface area contributed by atoms with Crippen molar-refractivity contribution in [2.75, 3.05) is 63.8 Å². The van der Waals surface area contributed by atoms with Gasteiger partial charge in [-0.3, -0.25) is 9.59 Å². The number of hydrogen-bond donors (Lipinski definition) is 5. The van der Waals surface area contributed by atoms with Gasteiger partial charge in [0.2, 0.25) is 25.9 Å². The third kappa shape index (κ3) is 13.2. The summed E-state index contributed by atoms with van der Waals surface area (Å²) in [6, 6.07) is 14.2. The molecule has 8 aromatic rings. The Hall–Kier alpha value is -6.73. The van der Waals surface area contributed by atoms with Crippen molar-refractivity contribution in [1.82, 2.24) is 58.7 Å². The number of carbonyl (C=O) groups excluding carboxylic acids is 2. The number of aliphatic hydroxyl groups is 1. The largest absolute Gasteiger partial charge is 0.454 e. The van der Waals surface area contributed by atoms with Crippen LogP contribution in [-0.4, -0.2) is 148 Å². The van der Waals surface area contributed by atoms with Gasteiger partial charge in [-0.05, 0) is 141 Å². The molecule has 15 rings (SSSR count). The van der Waals surface area contributed by atoms with E-state index in [9.17, 15) is 14.7 Å². The molecule has 2 aromatic carbocycles. The molecular weight excluding hydrogens is 1320 g/mol. The number of hydrogen-bond acceptors (Lipinski definition) is 22. The second-order valence-electron chi connectivity index (χ2n) is 22.2. The van der Waals surface area contributed by atoms with E-state index in [2.05, 4.69) is 49.9 Å². The van der Waals surface area contributed by atoms with E-state index < -0.39 is 6.61 Å². The first-order valence-electron chi connectivity index (χ1n) is 29.6. The number of aromatic nitrogens is 9. The lowest BCUT2D eigenvalue weighted by molar-refractivity contribution is -0.135. The van der Waals surface area contributed by atoms with Crippen LogP contribution in [0, 0.1) is 0 Å². The van der Waals surface area contributed by atoms with Crippen molar-refractivity contribution in [1.29, 1.82) is 0 Å². The fraction of sp³-hybridized carbons (Fsp3) is 0.400. The van der Waals surface area contributed by atoms with Crippen LogP contribution in [0.5, 0.6) is 23.0 Å². The Balaban J connectivity index is 0.000000124. The molecule has 5 unspecified atom stereocenters. The molecule has 2 amide bonds. The van der Waals surface area contributed by atoms with E-state index >= 15 is 0 Å². The van der Waals surface area contributed by atoms with Gasteiger partial charge in [0.25, 0.3) is 0 Å². The highest BCUT2D eigenvalue weighted by Crippen LogP contribution is 2.46. The summed E-state index contributed by atoms with van der Waals surface area (Å²) in [5.74, 6) is 3.78. The van der Waals surface area contributed by atoms with E-state index in [4.69, 9.17) is 83.8 Å². The number of allylic oxidation sites excluding steroid dienone is 1. The van der Waals surface area contributed by atoms with Gasteiger partial charge in [0, 0.05) is 94.7 Å². The average molecular weight is 1390 g/mol. The van der Waals surface area contributed by atoms with Crippen LogP contribution in [0.3, 0.4) is 0 Å². The fourth-order valence-electron chi connectivity index (χ4n) is 12.2. The zero-order valence-electron chi connectivity index (χ0n) is 48.6. The van der Waals surface area contributed by atoms with Crippen molar-refractivity contribution >= 4 is 137 Å². The highest BCUT2D eigenvalue weighted by Gasteiger charge is 2.33. The van der Waals surface area contributed by atoms with Gasteiger partial charge in [-0.1, -0.05) is 46.7 Å². The average Bonchev–Trinajstić information content (AvgIpc) is 1.83. The van der Waals surface area contributed by atoms with Gasteiger partial charge in [0.05, 0.1) is 26.6 Å². The first kappa shape index (κ1) is 62.1. The molecule has 8 N–H and O–H groups in total. The van der Waals surface area contributed by atoms with Gasteiger partial charge < -0.3 is 79.5 Å². The highest BCUT2D eigenvalue weighted by atomic mass is 79.9. The minimum absolute atomic E-state index is 0.0985. The third-order valence-electron chi connectivity index (χ3n) is 16.8. The van der Waals surface area contributed by atoms with Gasteiger partial charge in [-0.2, -0.15) is 0 Å². The number of rotatable bonds is 17. The number of halogens is 3. The summed E-state index contributed by atoms with van der Waals surface area (Å²) in [5.41, 5.74) is 23.2. The van der Waals surface area contributed by atoms with Crippen molar-refractivity contribution in [3.05, 3.63) is 92.6 Å². The summed E-state index contributed by atoms with van der Waals surface area (Å²) < 4.78 is 40.3. The van der Waals surface area contributed by atoms with Crippen LogP contribution < -0.4 is 41.5 Å². The lowest BCUT2D eigenvalue weighted by Gasteiger charge is -2.24. The highest BCUT2D eigenvalue weighted by molar-refractivity contribution is 9.10. The quantitative estimate of drug-likeness (QED) is 0.0530. The van der Waals surface area contributed by atoms with Crippen molar-refractivity contribution < 1.29 is 43.1 Å². The van der Waals surface area contributed by atoms with E-state index in [0.29, 0.717) is 80.7 Å². The normalized spacial score (nSPS) is 20.6. The van der Waals surface area contributed by atoms with Gasteiger partial charge in [-0.15, -0.1) is 0 Å². The van der Waals surface area contributed by atoms with Gasteiger partial charge in [0.1, 0.15) is 42.2 Å². The molecule has 0 bridgehead atoms. The van der Waals surface area contributed by atoms with E-state index in [1.54, 1.807) is 29.6 Å². The van der Waals surface area contributed by atoms with Crippen molar-refractivity contribution in [3.8, 4) is 23.0 Å². The zero-order chi connectivity index (χ0) is 62.0. The summed E-state index contributed by atoms with van der Waals surface area (Å²) in [6.07, 6.45) is 18.7. The number of imidazole rings is 3. The number of nitrogens with one attached hydrogen (secondary N) is 1. The van der Waals surface area contributed by atoms with Crippen LogP contribution in [0.15, 0.2) is 113 Å². The second kappa shape index (κ2) is 27.6. The molecule has 6 aromatic heterocycles. The maximum absolute atomic E-state index is 12.1. The molecule has 7 aliphatic rings. The summed E-state index contributed by atoms with van der Waals surface area (Å²) in [5, 5.41) is 16.5. The molecule has 0 saturated carbocycles. The number of ether oxygens (including phenoxy) is 6. The van der Waals surface area contributed by atoms with E-state index in [-0.39, 0.29) is 50.6 Å². The summed E-state index contributed by atoms with van der Waals surface area (Å²) >= 11 is 21.1. The molecule has 24 nitrogen and oxygen atoms in total. The molecule has 6 aliphatic heterocycles. The molecule has 5 atom stereocenters. The Morgan fingerprint density at radius 1 is 0.656 bits per heavy atom. The standard InChI is InChI=1S/C21H22BrN5O4S.C20H22ClN5O3S.C19H20ClN5O2S/c22-13-8-15-16(31-11-30-15)9-17(13)32-21-25-19-14(3-5-24-20(19)23)27(21)7-4-12-2-1-6-26(12)18(29)10-28;21-13-8-15-16(29-11-28-15)9-17(13)30-20-24-18-14(3-5-23-19(18)22)26(20)7-4-12-2-1-6-25(12)10-27;20-12-8-14-15(27-10-26-14)9-16(12)28-19-24-17-13(3-6-23-18(17)21)25(19)7-4-11-2-1-5-22-11/h3,5,8-9,12,28H,1-2,4,6-7,10-11H2,(H2,23,24);3,5,8-10,12,15-16H,1-2,4,6-7,11H2,(H2,22,23);3,6,8-9,11,22H,1-2,4-5,7,10H2,(H2,21,23). The molecule has 90 heavy (non-hydrogen) atoms. The van der Waals surface area contributed by atoms with E-state index in [1.807, 2.05) is 53.5 Å². The number of aliphatic hydroxyl groups excluding tert-OH is 1. The molecule has 30 heteroatoms. The molecule has 1 aliphatic carbocycles. The second-order valence-corrected chi connectivity index (χ2v) is 26.9. The minimum Gasteiger partial charge on any atom is -0.454 e. The van der Waals surface area contributed by atoms with E-state index in [0.717, 1.165) is 134 Å². The molecular formula is C60H64BrCl2N15O9S3. The predicted octanol–water partition coefficient (Wildman–Crippen LogP) is 9.60. The number of aryl methyl sites for hydroxylation is 3. The summed E-state index contributed by atoms with van der Waals surface area (Å²) in [7, 11) is 0. The smallest absolute Gasteiger partial charge is 0.248 e. The van der Waals surface area contributed by atoms with Crippen LogP contribution in [0.1, 0.15) is 57.8 Å². The number of nitrogen functional groups attached to an aromatic ring is 3. The van der Waals surface area contributed by atoms with Gasteiger partial charge >= 0.3 is 0 Å². The third-order valence-corrected chi connectivity index (χ3v) is 21.7. The van der Waals surface area contributed by atoms with Crippen molar-refractivity contribution in [3.63, 3.8) is 0 Å². The Morgan fingerprint density at radius 2 is 1.18 bits per heavy atom. The molecule has 4 saturated heterocycles. The van der Waals surface area contributed by atoms with Crippen LogP contribution in [0.4, 0.5) is 17.5 Å². The number of amides is 2. The summed E-state index contributed by atoms with van der Waals surface area (Å²) in [6.45, 7) is 5.08. The van der Waals surface area contributed by atoms with Gasteiger partial charge in [-0.25, -0.2) is 29.9 Å². The maximum atomic E-state index is 12.1. The first-order valence-corrected chi connectivity index (χ1v) is 33.6. The molecule has 472 valence electrons. The van der Waals surface area contributed by atoms with E-state index in [1.165, 1.54) is 48.1 Å². The number of pyridine rings is 3. The Morgan fingerprint density at radius 3 is 1.77 bits per heavy atom. The number of benzene rings is 2. The summed E-state index contributed by atoms with van der Waals surface area (Å²) in [4.78, 5) is 56.6. The van der Waals surface area contributed by atoms with Crippen LogP contribution in [0.2, 0.25) is 5.02 Å². The Labute approximate surface area is 548 Å². The minimum atomic E-state index is -0.452. The monoisotopic (exact) mass is 1380 g/mol. The first-order chi connectivity index (χ1) is 43.9. The zero-order valence-corrected chi connectivity index (χ0v) is 54.1. The van der Waals surface area contributed by atoms with Crippen molar-refractivity contribution in [2.45, 2.75) is 133 Å². The fourth-order valence-corrected chi connectivity index (χ4v) is 16.2. The lowest BCUT2D eigenvalue weighted by Crippen LogP contribution is -2.37. The predicted molar refractivity (Wildman–Crippen MR) is 347 cm³/mol. The number of fused-ring (bicyclic) bond motifs is 6. The molecule has 0 radical (unpaired) electrons. The lowest BCUT2D eigenvalue weighted by atomic mass is 10.1. The van der Waals surface area contributed by atoms with Crippen LogP contribution in [-0.2, 0) is 38.7 Å². The Bertz CT molecular complexity index is 4080. The van der Waals surface area contributed by atoms with Crippen LogP contribution >= 0.6 is 74.4 Å². The molecule has 12 heterocycles. The number of anilines is 3. The van der Waals surface area contributed by atoms with Crippen molar-refractivity contribution in [2.24, 2.45) is 0 Å². The molecule has 4 fully saturated rings. The van der Waals surface area contributed by atoms with Crippen LogP contribution in [0.25, 0.3) is 33.1 Å². The number of thioether (sulfide) groups is 1. The number of likely N-dealkylation sites (tertiary alicyclic amines) is 2. The number of carbonyl (C=O) groups is 2. The van der Waals surface area contributed by atoms with Gasteiger partial charge in [0.15, 0.2) is 55.9 Å². The SMILES string of the molecule is Nc1nccc2c1nc(SC1=CC3OCOC3C=C1Cl)n2CCC1CCCN1C=O.Nc1nccc2c1nc(Sc1cc3c(cc1Br)OCO3)n2CCC1CCCN1C(=O)CO.Nc1nccc2c1nc(Sc1cc3c(cc1Cl)OCO3)n2CCC1CCCN1.